The number of nitro groups is 1. The highest BCUT2D eigenvalue weighted by Crippen LogP contribution is 2.29. The van der Waals surface area contributed by atoms with Crippen molar-refractivity contribution >= 4 is 5.97 Å². The lowest BCUT2D eigenvalue weighted by Crippen LogP contribution is -2.26. The summed E-state index contributed by atoms with van der Waals surface area (Å²) in [5.41, 5.74) is 0. The molecule has 0 amide bonds. The number of rotatable bonds is 3. The van der Waals surface area contributed by atoms with E-state index in [1.807, 2.05) is 0 Å². The number of ether oxygens (including phenoxy) is 1. The fourth-order valence-electron chi connectivity index (χ4n) is 1.96. The largest absolute Gasteiger partial charge is 0.469 e. The average molecular weight is 201 g/mol. The third-order valence-corrected chi connectivity index (χ3v) is 2.79. The molecule has 0 heterocycles. The quantitative estimate of drug-likeness (QED) is 0.391. The van der Waals surface area contributed by atoms with Crippen molar-refractivity contribution in [3.8, 4) is 0 Å². The molecule has 1 rings (SSSR count). The minimum absolute atomic E-state index is 0.0356. The van der Waals surface area contributed by atoms with Crippen LogP contribution in [-0.4, -0.2) is 24.5 Å². The van der Waals surface area contributed by atoms with Gasteiger partial charge >= 0.3 is 5.97 Å². The third kappa shape index (κ3) is 2.97. The van der Waals surface area contributed by atoms with Crippen molar-refractivity contribution in [1.29, 1.82) is 0 Å². The Hall–Kier alpha value is -1.13. The standard InChI is InChI=1S/C9H15NO4/c1-14-9(11)8-4-2-7(3-5-8)6-10(12)13/h7-8H,2-6H2,1H3. The van der Waals surface area contributed by atoms with Crippen molar-refractivity contribution in [1.82, 2.24) is 0 Å². The summed E-state index contributed by atoms with van der Waals surface area (Å²) in [4.78, 5) is 21.1. The Labute approximate surface area is 82.6 Å². The topological polar surface area (TPSA) is 69.4 Å². The molecule has 80 valence electrons. The Bertz CT molecular complexity index is 221. The van der Waals surface area contributed by atoms with Crippen molar-refractivity contribution in [3.05, 3.63) is 10.1 Å². The molecule has 0 aromatic rings. The number of esters is 1. The maximum absolute atomic E-state index is 11.1. The van der Waals surface area contributed by atoms with Crippen LogP contribution in [0.15, 0.2) is 0 Å². The molecule has 0 aromatic carbocycles. The van der Waals surface area contributed by atoms with E-state index in [-0.39, 0.29) is 29.3 Å². The first-order valence-electron chi connectivity index (χ1n) is 4.83. The maximum Gasteiger partial charge on any atom is 0.308 e. The van der Waals surface area contributed by atoms with Crippen LogP contribution in [0.3, 0.4) is 0 Å². The molecule has 14 heavy (non-hydrogen) atoms. The van der Waals surface area contributed by atoms with Crippen LogP contribution < -0.4 is 0 Å². The van der Waals surface area contributed by atoms with E-state index in [4.69, 9.17) is 0 Å². The molecule has 5 heteroatoms. The van der Waals surface area contributed by atoms with Gasteiger partial charge in [0.2, 0.25) is 6.54 Å². The zero-order chi connectivity index (χ0) is 10.6. The minimum atomic E-state index is -0.275. The van der Waals surface area contributed by atoms with Gasteiger partial charge in [0, 0.05) is 10.8 Å². The molecule has 1 aliphatic rings. The number of hydrogen-bond acceptors (Lipinski definition) is 4. The Balaban J connectivity index is 2.31. The predicted octanol–water partition coefficient (Wildman–Crippen LogP) is 1.24. The zero-order valence-electron chi connectivity index (χ0n) is 8.27. The first-order chi connectivity index (χ1) is 6.63. The van der Waals surface area contributed by atoms with E-state index in [0.29, 0.717) is 0 Å². The van der Waals surface area contributed by atoms with Gasteiger partial charge in [0.15, 0.2) is 0 Å². The highest BCUT2D eigenvalue weighted by Gasteiger charge is 2.28. The van der Waals surface area contributed by atoms with Crippen LogP contribution in [-0.2, 0) is 9.53 Å². The van der Waals surface area contributed by atoms with Gasteiger partial charge in [-0.1, -0.05) is 0 Å². The lowest BCUT2D eigenvalue weighted by molar-refractivity contribution is -0.489. The normalized spacial score (nSPS) is 26.9. The molecule has 0 bridgehead atoms. The smallest absolute Gasteiger partial charge is 0.308 e. The van der Waals surface area contributed by atoms with Gasteiger partial charge in [-0.2, -0.15) is 0 Å². The lowest BCUT2D eigenvalue weighted by Gasteiger charge is -2.24. The summed E-state index contributed by atoms with van der Waals surface area (Å²) in [6.45, 7) is 0.0356. The van der Waals surface area contributed by atoms with E-state index in [2.05, 4.69) is 4.74 Å². The van der Waals surface area contributed by atoms with Crippen molar-refractivity contribution in [2.75, 3.05) is 13.7 Å². The molecule has 5 nitrogen and oxygen atoms in total. The van der Waals surface area contributed by atoms with E-state index in [1.54, 1.807) is 0 Å². The summed E-state index contributed by atoms with van der Waals surface area (Å²) in [5.74, 6) is -0.0709. The van der Waals surface area contributed by atoms with Gasteiger partial charge in [-0.15, -0.1) is 0 Å². The zero-order valence-corrected chi connectivity index (χ0v) is 8.27. The molecule has 0 aliphatic heterocycles. The van der Waals surface area contributed by atoms with Crippen LogP contribution in [0.4, 0.5) is 0 Å². The molecule has 0 aromatic heterocycles. The number of nitrogens with zero attached hydrogens (tertiary/aromatic N) is 1. The first-order valence-corrected chi connectivity index (χ1v) is 4.83. The number of methoxy groups -OCH3 is 1. The van der Waals surface area contributed by atoms with Gasteiger partial charge in [-0.3, -0.25) is 14.9 Å². The molecule has 1 aliphatic carbocycles. The van der Waals surface area contributed by atoms with E-state index < -0.39 is 0 Å². The summed E-state index contributed by atoms with van der Waals surface area (Å²) in [7, 11) is 1.38. The van der Waals surface area contributed by atoms with E-state index in [1.165, 1.54) is 7.11 Å². The second-order valence-corrected chi connectivity index (χ2v) is 3.76. The Morgan fingerprint density at radius 1 is 1.43 bits per heavy atom. The van der Waals surface area contributed by atoms with Gasteiger partial charge in [0.05, 0.1) is 13.0 Å². The van der Waals surface area contributed by atoms with Crippen molar-refractivity contribution in [3.63, 3.8) is 0 Å². The summed E-state index contributed by atoms with van der Waals surface area (Å²) >= 11 is 0. The molecule has 0 N–H and O–H groups in total. The monoisotopic (exact) mass is 201 g/mol. The average Bonchev–Trinajstić information content (AvgIpc) is 2.17. The van der Waals surface area contributed by atoms with E-state index in [9.17, 15) is 14.9 Å². The Morgan fingerprint density at radius 3 is 2.43 bits per heavy atom. The minimum Gasteiger partial charge on any atom is -0.469 e. The molecule has 0 unspecified atom stereocenters. The maximum atomic E-state index is 11.1. The van der Waals surface area contributed by atoms with Gasteiger partial charge < -0.3 is 4.74 Å². The number of carbonyl (C=O) groups excluding carboxylic acids is 1. The van der Waals surface area contributed by atoms with Crippen LogP contribution in [0, 0.1) is 22.0 Å². The lowest BCUT2D eigenvalue weighted by atomic mass is 9.82. The molecular weight excluding hydrogens is 186 g/mol. The van der Waals surface area contributed by atoms with Crippen molar-refractivity contribution in [2.24, 2.45) is 11.8 Å². The highest BCUT2D eigenvalue weighted by molar-refractivity contribution is 5.72. The molecule has 0 radical (unpaired) electrons. The summed E-state index contributed by atoms with van der Waals surface area (Å²) in [5, 5.41) is 10.3. The van der Waals surface area contributed by atoms with Crippen LogP contribution in [0.25, 0.3) is 0 Å². The van der Waals surface area contributed by atoms with Gasteiger partial charge in [0.25, 0.3) is 0 Å². The number of carbonyl (C=O) groups is 1. The SMILES string of the molecule is COC(=O)C1CCC(C[N+](=O)[O-])CC1. The first kappa shape index (κ1) is 10.9. The number of hydrogen-bond donors (Lipinski definition) is 0. The van der Waals surface area contributed by atoms with E-state index >= 15 is 0 Å². The molecule has 0 saturated heterocycles. The summed E-state index contributed by atoms with van der Waals surface area (Å²) in [6, 6.07) is 0. The molecule has 1 saturated carbocycles. The second-order valence-electron chi connectivity index (χ2n) is 3.76. The molecule has 0 atom stereocenters. The molecule has 0 spiro atoms. The second kappa shape index (κ2) is 4.93. The Morgan fingerprint density at radius 2 is 2.00 bits per heavy atom. The van der Waals surface area contributed by atoms with E-state index in [0.717, 1.165) is 25.7 Å². The Kier molecular flexibility index (Phi) is 3.85. The van der Waals surface area contributed by atoms with Crippen LogP contribution in [0.1, 0.15) is 25.7 Å². The van der Waals surface area contributed by atoms with Crippen molar-refractivity contribution in [2.45, 2.75) is 25.7 Å². The van der Waals surface area contributed by atoms with Crippen LogP contribution in [0.2, 0.25) is 0 Å². The third-order valence-electron chi connectivity index (χ3n) is 2.79. The fourth-order valence-corrected chi connectivity index (χ4v) is 1.96. The van der Waals surface area contributed by atoms with Crippen LogP contribution in [0.5, 0.6) is 0 Å². The molecular formula is C9H15NO4. The molecule has 1 fully saturated rings. The van der Waals surface area contributed by atoms with Gasteiger partial charge in [-0.05, 0) is 25.7 Å². The van der Waals surface area contributed by atoms with Crippen LogP contribution >= 0.6 is 0 Å². The predicted molar refractivity (Wildman–Crippen MR) is 49.3 cm³/mol. The highest BCUT2D eigenvalue weighted by atomic mass is 16.6. The van der Waals surface area contributed by atoms with Gasteiger partial charge in [0.1, 0.15) is 0 Å². The van der Waals surface area contributed by atoms with Crippen molar-refractivity contribution < 1.29 is 14.5 Å². The summed E-state index contributed by atoms with van der Waals surface area (Å²) < 4.78 is 4.63. The van der Waals surface area contributed by atoms with Gasteiger partial charge in [-0.25, -0.2) is 0 Å². The fraction of sp³-hybridized carbons (Fsp3) is 0.889. The summed E-state index contributed by atoms with van der Waals surface area (Å²) in [6.07, 6.45) is 2.98.